The fourth-order valence-electron chi connectivity index (χ4n) is 2.98. The molecule has 2 heterocycles. The minimum Gasteiger partial charge on any atom is -0.495 e. The Morgan fingerprint density at radius 2 is 1.75 bits per heavy atom. The van der Waals surface area contributed by atoms with Crippen LogP contribution in [0.4, 0.5) is 11.6 Å². The first kappa shape index (κ1) is 17.5. The maximum absolute atomic E-state index is 12.6. The SMILES string of the molecule is CONc1nc(=O)n(Nc2nc(=O)[nH]c3c(OC)cccc23)c2ccccc12. The number of nitrogens with zero attached hydrogens (tertiary/aromatic N) is 3. The van der Waals surface area contributed by atoms with Crippen molar-refractivity contribution in [1.29, 1.82) is 0 Å². The Kier molecular flexibility index (Phi) is 4.38. The van der Waals surface area contributed by atoms with Gasteiger partial charge >= 0.3 is 11.4 Å². The summed E-state index contributed by atoms with van der Waals surface area (Å²) >= 11 is 0. The molecule has 3 N–H and O–H groups in total. The minimum absolute atomic E-state index is 0.194. The number of hydrogen-bond donors (Lipinski definition) is 3. The number of methoxy groups -OCH3 is 1. The predicted molar refractivity (Wildman–Crippen MR) is 105 cm³/mol. The van der Waals surface area contributed by atoms with Crippen LogP contribution in [0.1, 0.15) is 0 Å². The summed E-state index contributed by atoms with van der Waals surface area (Å²) in [6.07, 6.45) is 0. The molecule has 0 aliphatic heterocycles. The van der Waals surface area contributed by atoms with E-state index in [1.807, 2.05) is 6.07 Å². The molecule has 0 fully saturated rings. The standard InChI is InChI=1S/C18H16N6O4/c1-27-13-9-5-7-11-14(13)19-17(25)20-15(11)22-24-12-8-4-3-6-10(12)16(23-28-2)21-18(24)26/h3-9H,1-2H3,(H,21,23,26)(H2,19,20,22,25). The lowest BCUT2D eigenvalue weighted by atomic mass is 10.2. The molecule has 4 aromatic rings. The zero-order chi connectivity index (χ0) is 19.7. The van der Waals surface area contributed by atoms with Crippen molar-refractivity contribution < 1.29 is 9.57 Å². The molecule has 0 aliphatic carbocycles. The van der Waals surface area contributed by atoms with Gasteiger partial charge in [0.15, 0.2) is 11.6 Å². The van der Waals surface area contributed by atoms with E-state index in [2.05, 4.69) is 25.9 Å². The lowest BCUT2D eigenvalue weighted by Crippen LogP contribution is -2.31. The summed E-state index contributed by atoms with van der Waals surface area (Å²) in [5.74, 6) is 0.959. The van der Waals surface area contributed by atoms with Crippen molar-refractivity contribution in [3.05, 3.63) is 63.4 Å². The average Bonchev–Trinajstić information content (AvgIpc) is 2.70. The number of fused-ring (bicyclic) bond motifs is 2. The van der Waals surface area contributed by atoms with E-state index in [1.54, 1.807) is 36.4 Å². The van der Waals surface area contributed by atoms with Crippen LogP contribution in [0.3, 0.4) is 0 Å². The largest absolute Gasteiger partial charge is 0.495 e. The first-order valence-corrected chi connectivity index (χ1v) is 8.27. The first-order valence-electron chi connectivity index (χ1n) is 8.27. The lowest BCUT2D eigenvalue weighted by Gasteiger charge is -2.15. The van der Waals surface area contributed by atoms with Crippen LogP contribution in [0, 0.1) is 0 Å². The quantitative estimate of drug-likeness (QED) is 0.445. The third kappa shape index (κ3) is 2.91. The van der Waals surface area contributed by atoms with Gasteiger partial charge in [-0.05, 0) is 24.3 Å². The molecular formula is C18H16N6O4. The highest BCUT2D eigenvalue weighted by molar-refractivity contribution is 5.94. The number of benzene rings is 2. The van der Waals surface area contributed by atoms with Gasteiger partial charge in [0.05, 0.1) is 25.3 Å². The summed E-state index contributed by atoms with van der Waals surface area (Å²) < 4.78 is 6.51. The molecule has 10 nitrogen and oxygen atoms in total. The van der Waals surface area contributed by atoms with Gasteiger partial charge in [-0.1, -0.05) is 18.2 Å². The molecule has 4 rings (SSSR count). The maximum atomic E-state index is 12.6. The van der Waals surface area contributed by atoms with Crippen molar-refractivity contribution in [2.24, 2.45) is 0 Å². The molecule has 28 heavy (non-hydrogen) atoms. The van der Waals surface area contributed by atoms with Crippen LogP contribution in [0.2, 0.25) is 0 Å². The molecule has 2 aromatic carbocycles. The molecule has 0 spiro atoms. The number of ether oxygens (including phenoxy) is 1. The smallest absolute Gasteiger partial charge is 0.369 e. The fourth-order valence-corrected chi connectivity index (χ4v) is 2.98. The molecule has 0 bridgehead atoms. The molecule has 0 amide bonds. The zero-order valence-electron chi connectivity index (χ0n) is 15.0. The molecule has 142 valence electrons. The third-order valence-electron chi connectivity index (χ3n) is 4.16. The summed E-state index contributed by atoms with van der Waals surface area (Å²) in [5.41, 5.74) is 5.32. The van der Waals surface area contributed by atoms with E-state index < -0.39 is 11.4 Å². The van der Waals surface area contributed by atoms with E-state index in [4.69, 9.17) is 9.57 Å². The predicted octanol–water partition coefficient (Wildman–Crippen LogP) is 1.49. The second-order valence-electron chi connectivity index (χ2n) is 5.79. The van der Waals surface area contributed by atoms with Crippen LogP contribution in [-0.4, -0.2) is 33.8 Å². The summed E-state index contributed by atoms with van der Waals surface area (Å²) in [4.78, 5) is 40.2. The summed E-state index contributed by atoms with van der Waals surface area (Å²) in [6.45, 7) is 0. The Balaban J connectivity index is 1.95. The number of H-pyrrole nitrogens is 1. The Hall–Kier alpha value is -3.92. The number of hydrogen-bond acceptors (Lipinski definition) is 8. The van der Waals surface area contributed by atoms with Crippen molar-refractivity contribution in [3.63, 3.8) is 0 Å². The van der Waals surface area contributed by atoms with E-state index >= 15 is 0 Å². The fraction of sp³-hybridized carbons (Fsp3) is 0.111. The Morgan fingerprint density at radius 3 is 2.54 bits per heavy atom. The number of aromatic nitrogens is 4. The van der Waals surface area contributed by atoms with Gasteiger partial charge in [-0.15, -0.1) is 0 Å². The highest BCUT2D eigenvalue weighted by Crippen LogP contribution is 2.27. The highest BCUT2D eigenvalue weighted by Gasteiger charge is 2.14. The Morgan fingerprint density at radius 1 is 0.964 bits per heavy atom. The van der Waals surface area contributed by atoms with Crippen LogP contribution >= 0.6 is 0 Å². The molecular weight excluding hydrogens is 364 g/mol. The number of aromatic amines is 1. The molecule has 2 aromatic heterocycles. The molecule has 0 atom stereocenters. The number of rotatable bonds is 5. The van der Waals surface area contributed by atoms with Gasteiger partial charge < -0.3 is 9.72 Å². The van der Waals surface area contributed by atoms with E-state index in [9.17, 15) is 9.59 Å². The molecule has 0 saturated carbocycles. The van der Waals surface area contributed by atoms with Crippen molar-refractivity contribution in [2.75, 3.05) is 25.1 Å². The second-order valence-corrected chi connectivity index (χ2v) is 5.79. The number of para-hydroxylation sites is 2. The van der Waals surface area contributed by atoms with Gasteiger partial charge in [-0.3, -0.25) is 10.3 Å². The molecule has 0 saturated heterocycles. The van der Waals surface area contributed by atoms with Gasteiger partial charge in [0, 0.05) is 10.8 Å². The van der Waals surface area contributed by atoms with Crippen LogP contribution < -0.4 is 27.0 Å². The van der Waals surface area contributed by atoms with Gasteiger partial charge in [-0.2, -0.15) is 9.97 Å². The Labute approximate surface area is 157 Å². The van der Waals surface area contributed by atoms with Crippen LogP contribution in [0.25, 0.3) is 21.8 Å². The average molecular weight is 380 g/mol. The molecule has 0 aliphatic rings. The van der Waals surface area contributed by atoms with E-state index in [-0.39, 0.29) is 11.6 Å². The number of nitrogens with one attached hydrogen (secondary N) is 3. The van der Waals surface area contributed by atoms with Crippen LogP contribution in [0.5, 0.6) is 5.75 Å². The van der Waals surface area contributed by atoms with E-state index in [0.717, 1.165) is 0 Å². The topological polar surface area (TPSA) is 123 Å². The minimum atomic E-state index is -0.601. The first-order chi connectivity index (χ1) is 13.6. The van der Waals surface area contributed by atoms with E-state index in [1.165, 1.54) is 18.9 Å². The van der Waals surface area contributed by atoms with Gasteiger partial charge in [-0.25, -0.2) is 19.7 Å². The second kappa shape index (κ2) is 7.00. The van der Waals surface area contributed by atoms with E-state index in [0.29, 0.717) is 27.6 Å². The maximum Gasteiger partial charge on any atom is 0.369 e. The third-order valence-corrected chi connectivity index (χ3v) is 4.16. The summed E-state index contributed by atoms with van der Waals surface area (Å²) in [7, 11) is 2.93. The van der Waals surface area contributed by atoms with Crippen molar-refractivity contribution in [3.8, 4) is 5.75 Å². The lowest BCUT2D eigenvalue weighted by molar-refractivity contribution is 0.269. The molecule has 0 unspecified atom stereocenters. The van der Waals surface area contributed by atoms with Gasteiger partial charge in [0.25, 0.3) is 0 Å². The highest BCUT2D eigenvalue weighted by atomic mass is 16.6. The van der Waals surface area contributed by atoms with Crippen molar-refractivity contribution in [1.82, 2.24) is 19.6 Å². The van der Waals surface area contributed by atoms with Crippen molar-refractivity contribution in [2.45, 2.75) is 0 Å². The summed E-state index contributed by atoms with van der Waals surface area (Å²) in [5, 5.41) is 1.22. The van der Waals surface area contributed by atoms with Crippen LogP contribution in [0.15, 0.2) is 52.1 Å². The number of anilines is 2. The zero-order valence-corrected chi connectivity index (χ0v) is 15.0. The summed E-state index contributed by atoms with van der Waals surface area (Å²) in [6, 6.07) is 12.3. The van der Waals surface area contributed by atoms with Gasteiger partial charge in [0.1, 0.15) is 5.75 Å². The van der Waals surface area contributed by atoms with Gasteiger partial charge in [0.2, 0.25) is 0 Å². The van der Waals surface area contributed by atoms with Crippen LogP contribution in [-0.2, 0) is 4.84 Å². The van der Waals surface area contributed by atoms with Crippen molar-refractivity contribution >= 4 is 33.4 Å². The monoisotopic (exact) mass is 380 g/mol. The molecule has 0 radical (unpaired) electrons. The Bertz CT molecular complexity index is 1300. The normalized spacial score (nSPS) is 10.9. The molecule has 10 heteroatoms.